The summed E-state index contributed by atoms with van der Waals surface area (Å²) >= 11 is 0. The Balaban J connectivity index is 2.72. The second-order valence-corrected chi connectivity index (χ2v) is 5.70. The van der Waals surface area contributed by atoms with Gasteiger partial charge in [0.05, 0.1) is 12.6 Å². The third kappa shape index (κ3) is 4.44. The van der Waals surface area contributed by atoms with E-state index < -0.39 is 0 Å². The van der Waals surface area contributed by atoms with Gasteiger partial charge >= 0.3 is 0 Å². The summed E-state index contributed by atoms with van der Waals surface area (Å²) in [6, 6.07) is 0.104. The van der Waals surface area contributed by atoms with Gasteiger partial charge in [-0.05, 0) is 25.3 Å². The van der Waals surface area contributed by atoms with E-state index in [0.717, 1.165) is 32.5 Å². The van der Waals surface area contributed by atoms with E-state index in [1.54, 1.807) is 0 Å². The summed E-state index contributed by atoms with van der Waals surface area (Å²) in [5, 5.41) is 9.14. The quantitative estimate of drug-likeness (QED) is 0.728. The first-order valence-electron chi connectivity index (χ1n) is 7.40. The molecule has 0 aromatic rings. The number of hydrogen-bond donors (Lipinski definition) is 2. The Morgan fingerprint density at radius 1 is 1.42 bits per heavy atom. The average molecular weight is 271 g/mol. The number of rotatable bonds is 6. The Bertz CT molecular complexity index is 276. The van der Waals surface area contributed by atoms with E-state index in [1.165, 1.54) is 0 Å². The van der Waals surface area contributed by atoms with Gasteiger partial charge in [0.15, 0.2) is 0 Å². The van der Waals surface area contributed by atoms with Crippen molar-refractivity contribution >= 4 is 5.91 Å². The van der Waals surface area contributed by atoms with Gasteiger partial charge in [0, 0.05) is 25.7 Å². The van der Waals surface area contributed by atoms with E-state index in [1.807, 2.05) is 11.8 Å². The molecule has 1 aliphatic heterocycles. The van der Waals surface area contributed by atoms with Crippen LogP contribution in [-0.2, 0) is 4.79 Å². The van der Waals surface area contributed by atoms with Crippen LogP contribution in [0.4, 0.5) is 0 Å². The molecule has 0 aromatic carbocycles. The van der Waals surface area contributed by atoms with Crippen molar-refractivity contribution in [3.05, 3.63) is 0 Å². The fourth-order valence-electron chi connectivity index (χ4n) is 2.79. The Morgan fingerprint density at radius 2 is 2.00 bits per heavy atom. The summed E-state index contributed by atoms with van der Waals surface area (Å²) in [7, 11) is 0. The minimum atomic E-state index is -0.133. The molecule has 1 amide bonds. The lowest BCUT2D eigenvalue weighted by molar-refractivity contribution is -0.140. The molecule has 1 aliphatic rings. The molecule has 5 heteroatoms. The number of likely N-dealkylation sites (N-methyl/N-ethyl adjacent to an activating group) is 1. The molecule has 1 atom stereocenters. The van der Waals surface area contributed by atoms with Crippen LogP contribution < -0.4 is 5.73 Å². The molecule has 1 fully saturated rings. The highest BCUT2D eigenvalue weighted by Gasteiger charge is 2.32. The van der Waals surface area contributed by atoms with Crippen molar-refractivity contribution in [3.8, 4) is 0 Å². The molecular formula is C14H29N3O2. The monoisotopic (exact) mass is 271 g/mol. The van der Waals surface area contributed by atoms with Crippen LogP contribution in [0.2, 0.25) is 0 Å². The van der Waals surface area contributed by atoms with Crippen LogP contribution in [0.3, 0.4) is 0 Å². The summed E-state index contributed by atoms with van der Waals surface area (Å²) < 4.78 is 0. The van der Waals surface area contributed by atoms with Crippen LogP contribution in [0.5, 0.6) is 0 Å². The van der Waals surface area contributed by atoms with Crippen molar-refractivity contribution in [2.45, 2.75) is 45.7 Å². The van der Waals surface area contributed by atoms with Gasteiger partial charge in [-0.2, -0.15) is 0 Å². The average Bonchev–Trinajstić information content (AvgIpc) is 2.38. The number of hydrogen-bond acceptors (Lipinski definition) is 4. The highest BCUT2D eigenvalue weighted by atomic mass is 16.3. The van der Waals surface area contributed by atoms with E-state index in [2.05, 4.69) is 18.7 Å². The molecular weight excluding hydrogens is 242 g/mol. The zero-order valence-corrected chi connectivity index (χ0v) is 12.5. The summed E-state index contributed by atoms with van der Waals surface area (Å²) in [6.07, 6.45) is 1.78. The van der Waals surface area contributed by atoms with E-state index >= 15 is 0 Å². The van der Waals surface area contributed by atoms with Crippen molar-refractivity contribution < 1.29 is 9.90 Å². The van der Waals surface area contributed by atoms with Crippen molar-refractivity contribution in [2.75, 3.05) is 32.8 Å². The predicted molar refractivity (Wildman–Crippen MR) is 76.7 cm³/mol. The maximum Gasteiger partial charge on any atom is 0.240 e. The largest absolute Gasteiger partial charge is 0.395 e. The molecule has 3 N–H and O–H groups in total. The normalized spacial score (nSPS) is 19.2. The maximum atomic E-state index is 12.7. The van der Waals surface area contributed by atoms with Crippen LogP contribution in [-0.4, -0.2) is 65.7 Å². The fourth-order valence-corrected chi connectivity index (χ4v) is 2.79. The Kier molecular flexibility index (Phi) is 6.75. The Labute approximate surface area is 116 Å². The van der Waals surface area contributed by atoms with Gasteiger partial charge < -0.3 is 15.7 Å². The number of nitrogens with two attached hydrogens (primary N) is 1. The first-order valence-corrected chi connectivity index (χ1v) is 7.40. The molecule has 1 saturated heterocycles. The number of aliphatic hydroxyl groups is 1. The van der Waals surface area contributed by atoms with E-state index in [4.69, 9.17) is 10.8 Å². The van der Waals surface area contributed by atoms with E-state index in [9.17, 15) is 4.79 Å². The van der Waals surface area contributed by atoms with Crippen molar-refractivity contribution in [1.29, 1.82) is 0 Å². The lowest BCUT2D eigenvalue weighted by atomic mass is 9.98. The van der Waals surface area contributed by atoms with Gasteiger partial charge in [0.2, 0.25) is 5.91 Å². The summed E-state index contributed by atoms with van der Waals surface area (Å²) in [6.45, 7) is 9.12. The zero-order valence-electron chi connectivity index (χ0n) is 12.5. The standard InChI is InChI=1S/C14H29N3O2/c1-4-16(9-10-18)13(11(2)3)14(19)17-7-5-12(15)6-8-17/h11-13,18H,4-10,15H2,1-3H3. The third-order valence-electron chi connectivity index (χ3n) is 3.92. The van der Waals surface area contributed by atoms with Gasteiger partial charge in [0.25, 0.3) is 0 Å². The molecule has 19 heavy (non-hydrogen) atoms. The zero-order chi connectivity index (χ0) is 14.4. The molecule has 0 aromatic heterocycles. The molecule has 0 radical (unpaired) electrons. The number of aliphatic hydroxyl groups excluding tert-OH is 1. The highest BCUT2D eigenvalue weighted by molar-refractivity contribution is 5.82. The number of nitrogens with zero attached hydrogens (tertiary/aromatic N) is 2. The van der Waals surface area contributed by atoms with Crippen molar-refractivity contribution in [2.24, 2.45) is 11.7 Å². The first-order chi connectivity index (χ1) is 9.01. The van der Waals surface area contributed by atoms with Crippen LogP contribution in [0.1, 0.15) is 33.6 Å². The van der Waals surface area contributed by atoms with Crippen LogP contribution >= 0.6 is 0 Å². The molecule has 112 valence electrons. The number of carbonyl (C=O) groups excluding carboxylic acids is 1. The van der Waals surface area contributed by atoms with E-state index in [-0.39, 0.29) is 30.5 Å². The minimum Gasteiger partial charge on any atom is -0.395 e. The molecule has 5 nitrogen and oxygen atoms in total. The predicted octanol–water partition coefficient (Wildman–Crippen LogP) is 0.275. The van der Waals surface area contributed by atoms with Crippen LogP contribution in [0, 0.1) is 5.92 Å². The Hall–Kier alpha value is -0.650. The smallest absolute Gasteiger partial charge is 0.240 e. The lowest BCUT2D eigenvalue weighted by Crippen LogP contribution is -2.54. The van der Waals surface area contributed by atoms with Crippen LogP contribution in [0.15, 0.2) is 0 Å². The van der Waals surface area contributed by atoms with Gasteiger partial charge in [0.1, 0.15) is 0 Å². The number of piperidine rings is 1. The highest BCUT2D eigenvalue weighted by Crippen LogP contribution is 2.17. The van der Waals surface area contributed by atoms with Gasteiger partial charge in [-0.1, -0.05) is 20.8 Å². The number of amides is 1. The SMILES string of the molecule is CCN(CCO)C(C(=O)N1CCC(N)CC1)C(C)C. The topological polar surface area (TPSA) is 69.8 Å². The molecule has 0 saturated carbocycles. The van der Waals surface area contributed by atoms with E-state index in [0.29, 0.717) is 6.54 Å². The second kappa shape index (κ2) is 7.82. The second-order valence-electron chi connectivity index (χ2n) is 5.70. The van der Waals surface area contributed by atoms with Gasteiger partial charge in [-0.15, -0.1) is 0 Å². The fraction of sp³-hybridized carbons (Fsp3) is 0.929. The summed E-state index contributed by atoms with van der Waals surface area (Å²) in [5.74, 6) is 0.437. The molecule has 1 unspecified atom stereocenters. The van der Waals surface area contributed by atoms with Gasteiger partial charge in [-0.3, -0.25) is 9.69 Å². The summed E-state index contributed by atoms with van der Waals surface area (Å²) in [4.78, 5) is 16.7. The molecule has 0 aliphatic carbocycles. The molecule has 1 heterocycles. The van der Waals surface area contributed by atoms with Crippen molar-refractivity contribution in [3.63, 3.8) is 0 Å². The van der Waals surface area contributed by atoms with Crippen molar-refractivity contribution in [1.82, 2.24) is 9.80 Å². The van der Waals surface area contributed by atoms with Gasteiger partial charge in [-0.25, -0.2) is 0 Å². The summed E-state index contributed by atoms with van der Waals surface area (Å²) in [5.41, 5.74) is 5.89. The molecule has 0 bridgehead atoms. The Morgan fingerprint density at radius 3 is 2.42 bits per heavy atom. The minimum absolute atomic E-state index is 0.0925. The third-order valence-corrected chi connectivity index (χ3v) is 3.92. The molecule has 1 rings (SSSR count). The number of carbonyl (C=O) groups is 1. The number of likely N-dealkylation sites (tertiary alicyclic amines) is 1. The first kappa shape index (κ1) is 16.4. The maximum absolute atomic E-state index is 12.7. The molecule has 0 spiro atoms. The van der Waals surface area contributed by atoms with Crippen LogP contribution in [0.25, 0.3) is 0 Å². The lowest BCUT2D eigenvalue weighted by Gasteiger charge is -2.38.